The van der Waals surface area contributed by atoms with Crippen LogP contribution in [0.1, 0.15) is 132 Å². The monoisotopic (exact) mass is 733 g/mol. The number of nitrogens with one attached hydrogen (secondary N) is 1. The van der Waals surface area contributed by atoms with Crippen molar-refractivity contribution >= 4 is 17.7 Å². The van der Waals surface area contributed by atoms with E-state index in [0.29, 0.717) is 31.4 Å². The number of allylic oxidation sites excluding steroid dienone is 1. The number of aliphatic hydroxyl groups is 1. The van der Waals surface area contributed by atoms with Crippen molar-refractivity contribution in [1.82, 2.24) is 10.3 Å². The summed E-state index contributed by atoms with van der Waals surface area (Å²) in [7, 11) is 0. The van der Waals surface area contributed by atoms with Crippen LogP contribution in [0.5, 0.6) is 0 Å². The molecule has 1 aromatic heterocycles. The molecule has 0 saturated heterocycles. The van der Waals surface area contributed by atoms with Crippen LogP contribution in [0.15, 0.2) is 35.7 Å². The average molecular weight is 733 g/mol. The number of ether oxygens (including phenoxy) is 1. The Hall–Kier alpha value is -2.58. The van der Waals surface area contributed by atoms with Crippen molar-refractivity contribution in [3.8, 4) is 0 Å². The molecule has 8 nitrogen and oxygen atoms in total. The molecule has 0 radical (unpaired) electrons. The summed E-state index contributed by atoms with van der Waals surface area (Å²) in [5, 5.41) is 25.2. The molecule has 0 bridgehead atoms. The van der Waals surface area contributed by atoms with E-state index in [0.717, 1.165) is 69.9 Å². The molecule has 1 aromatic rings. The van der Waals surface area contributed by atoms with Crippen LogP contribution < -0.4 is 5.32 Å². The molecule has 5 aliphatic carbocycles. The maximum atomic E-state index is 14.0. The number of pyridine rings is 1. The molecule has 8 heteroatoms. The normalized spacial score (nSPS) is 37.0. The number of carboxylic acid groups (broad SMARTS) is 1. The summed E-state index contributed by atoms with van der Waals surface area (Å²) in [6.07, 6.45) is 12.6. The predicted molar refractivity (Wildman–Crippen MR) is 207 cm³/mol. The molecule has 0 amide bonds. The number of aliphatic carboxylic acids is 1. The molecule has 4 fully saturated rings. The molecule has 9 atom stereocenters. The SMILES string of the molecule is CC(C)C1=C2[C@H]3CC[C@@H]4[C@@]5(C)CC[C@H](COC(=O)CC(C)(C)C(=O)O)C(C)(C)[C@@H]5CC[C@@]4(C)[C@]3(C)CC[C@@]2([C@@H](O)CNCCc2cccnc2)CC1=O. The van der Waals surface area contributed by atoms with Gasteiger partial charge in [0.25, 0.3) is 0 Å². The lowest BCUT2D eigenvalue weighted by Crippen LogP contribution is -2.65. The summed E-state index contributed by atoms with van der Waals surface area (Å²) in [6, 6.07) is 4.04. The fourth-order valence-corrected chi connectivity index (χ4v) is 13.4. The highest BCUT2D eigenvalue weighted by Gasteiger charge is 2.70. The predicted octanol–water partition coefficient (Wildman–Crippen LogP) is 8.22. The van der Waals surface area contributed by atoms with Crippen LogP contribution in [0, 0.1) is 62.1 Å². The van der Waals surface area contributed by atoms with E-state index in [9.17, 15) is 24.6 Å². The molecule has 5 aliphatic rings. The lowest BCUT2D eigenvalue weighted by atomic mass is 9.32. The highest BCUT2D eigenvalue weighted by molar-refractivity contribution is 6.00. The molecule has 0 aromatic carbocycles. The number of esters is 1. The average Bonchev–Trinajstić information content (AvgIpc) is 3.40. The van der Waals surface area contributed by atoms with Crippen molar-refractivity contribution in [2.24, 2.45) is 62.1 Å². The van der Waals surface area contributed by atoms with Crippen molar-refractivity contribution in [3.63, 3.8) is 0 Å². The van der Waals surface area contributed by atoms with Gasteiger partial charge in [-0.1, -0.05) is 60.1 Å². The number of ketones is 1. The van der Waals surface area contributed by atoms with Gasteiger partial charge in [0.05, 0.1) is 24.5 Å². The van der Waals surface area contributed by atoms with Crippen LogP contribution in [0.4, 0.5) is 0 Å². The van der Waals surface area contributed by atoms with Gasteiger partial charge < -0.3 is 20.3 Å². The first-order valence-electron chi connectivity index (χ1n) is 20.7. The zero-order valence-corrected chi connectivity index (χ0v) is 34.1. The lowest BCUT2D eigenvalue weighted by Gasteiger charge is -2.72. The quantitative estimate of drug-likeness (QED) is 0.145. The number of fused-ring (bicyclic) bond motifs is 7. The van der Waals surface area contributed by atoms with E-state index in [1.54, 1.807) is 20.0 Å². The summed E-state index contributed by atoms with van der Waals surface area (Å²) in [6.45, 7) is 21.5. The Bertz CT molecular complexity index is 1600. The first-order valence-corrected chi connectivity index (χ1v) is 20.7. The largest absolute Gasteiger partial charge is 0.481 e. The molecular weight excluding hydrogens is 665 g/mol. The Kier molecular flexibility index (Phi) is 10.7. The van der Waals surface area contributed by atoms with Gasteiger partial charge in [-0.2, -0.15) is 0 Å². The van der Waals surface area contributed by atoms with E-state index in [-0.39, 0.29) is 51.6 Å². The van der Waals surface area contributed by atoms with Crippen LogP contribution in [0.3, 0.4) is 0 Å². The topological polar surface area (TPSA) is 126 Å². The van der Waals surface area contributed by atoms with E-state index in [4.69, 9.17) is 4.74 Å². The van der Waals surface area contributed by atoms with Gasteiger partial charge in [0.2, 0.25) is 0 Å². The maximum Gasteiger partial charge on any atom is 0.309 e. The summed E-state index contributed by atoms with van der Waals surface area (Å²) < 4.78 is 5.82. The van der Waals surface area contributed by atoms with E-state index in [1.807, 2.05) is 12.3 Å². The Balaban J connectivity index is 1.22. The lowest BCUT2D eigenvalue weighted by molar-refractivity contribution is -0.226. The maximum absolute atomic E-state index is 14.0. The van der Waals surface area contributed by atoms with Gasteiger partial charge in [0.1, 0.15) is 0 Å². The molecular formula is C45H68N2O6. The fourth-order valence-electron chi connectivity index (χ4n) is 13.4. The Morgan fingerprint density at radius 3 is 2.40 bits per heavy atom. The molecule has 1 heterocycles. The number of hydrogen-bond acceptors (Lipinski definition) is 7. The number of carboxylic acids is 1. The van der Waals surface area contributed by atoms with Crippen LogP contribution >= 0.6 is 0 Å². The van der Waals surface area contributed by atoms with Gasteiger partial charge in [0, 0.05) is 30.8 Å². The highest BCUT2D eigenvalue weighted by atomic mass is 16.5. The fraction of sp³-hybridized carbons (Fsp3) is 0.778. The van der Waals surface area contributed by atoms with Crippen LogP contribution in [0.25, 0.3) is 0 Å². The minimum Gasteiger partial charge on any atom is -0.481 e. The Morgan fingerprint density at radius 1 is 1.00 bits per heavy atom. The zero-order chi connectivity index (χ0) is 38.8. The van der Waals surface area contributed by atoms with Crippen molar-refractivity contribution in [2.45, 2.75) is 139 Å². The molecule has 0 aliphatic heterocycles. The van der Waals surface area contributed by atoms with Gasteiger partial charge in [-0.15, -0.1) is 0 Å². The summed E-state index contributed by atoms with van der Waals surface area (Å²) >= 11 is 0. The van der Waals surface area contributed by atoms with Crippen LogP contribution in [-0.4, -0.2) is 58.7 Å². The molecule has 0 unspecified atom stereocenters. The molecule has 294 valence electrons. The van der Waals surface area contributed by atoms with Gasteiger partial charge in [-0.25, -0.2) is 0 Å². The van der Waals surface area contributed by atoms with Gasteiger partial charge in [-0.3, -0.25) is 19.4 Å². The number of nitrogens with zero attached hydrogens (tertiary/aromatic N) is 1. The molecule has 0 spiro atoms. The van der Waals surface area contributed by atoms with E-state index < -0.39 is 28.9 Å². The second-order valence-electron chi connectivity index (χ2n) is 20.3. The second-order valence-corrected chi connectivity index (χ2v) is 20.3. The van der Waals surface area contributed by atoms with E-state index in [2.05, 4.69) is 64.8 Å². The number of aromatic nitrogens is 1. The van der Waals surface area contributed by atoms with Gasteiger partial charge in [0.15, 0.2) is 5.78 Å². The van der Waals surface area contributed by atoms with Crippen LogP contribution in [-0.2, 0) is 25.5 Å². The smallest absolute Gasteiger partial charge is 0.309 e. The number of carbonyl (C=O) groups excluding carboxylic acids is 2. The summed E-state index contributed by atoms with van der Waals surface area (Å²) in [5.74, 6) is 0.511. The minimum absolute atomic E-state index is 0.0222. The van der Waals surface area contributed by atoms with Gasteiger partial charge in [-0.05, 0) is 147 Å². The number of rotatable bonds is 12. The molecule has 3 N–H and O–H groups in total. The number of hydrogen-bond donors (Lipinski definition) is 3. The van der Waals surface area contributed by atoms with E-state index in [1.165, 1.54) is 11.1 Å². The Labute approximate surface area is 318 Å². The first kappa shape index (κ1) is 40.1. The first-order chi connectivity index (χ1) is 24.7. The third kappa shape index (κ3) is 6.53. The highest BCUT2D eigenvalue weighted by Crippen LogP contribution is 2.77. The number of Topliss-reactive ketones (excluding diaryl/α,β-unsaturated/α-hetero) is 1. The third-order valence-electron chi connectivity index (χ3n) is 16.6. The van der Waals surface area contributed by atoms with Crippen molar-refractivity contribution in [3.05, 3.63) is 41.2 Å². The number of aliphatic hydroxyl groups excluding tert-OH is 1. The molecule has 4 saturated carbocycles. The van der Waals surface area contributed by atoms with Crippen molar-refractivity contribution in [2.75, 3.05) is 19.7 Å². The Morgan fingerprint density at radius 2 is 1.74 bits per heavy atom. The molecule has 6 rings (SSSR count). The minimum atomic E-state index is -1.15. The van der Waals surface area contributed by atoms with Gasteiger partial charge >= 0.3 is 11.9 Å². The van der Waals surface area contributed by atoms with E-state index >= 15 is 0 Å². The summed E-state index contributed by atoms with van der Waals surface area (Å²) in [5.41, 5.74) is 2.09. The zero-order valence-electron chi connectivity index (χ0n) is 34.1. The third-order valence-corrected chi connectivity index (χ3v) is 16.6. The second kappa shape index (κ2) is 14.2. The van der Waals surface area contributed by atoms with Crippen LogP contribution in [0.2, 0.25) is 0 Å². The van der Waals surface area contributed by atoms with Crippen molar-refractivity contribution < 1.29 is 29.3 Å². The van der Waals surface area contributed by atoms with Crippen molar-refractivity contribution in [1.29, 1.82) is 0 Å². The summed E-state index contributed by atoms with van der Waals surface area (Å²) in [4.78, 5) is 42.7. The standard InChI is InChI=1S/C45H68N2O6/c1-28(2)37-32(48)23-45(35(49)26-47-22-16-29-11-10-21-46-25-29)20-19-43(8)31(38(37)45)12-13-34-42(7)17-14-30(27-53-36(50)24-40(3,4)39(51)52)41(5,6)33(42)15-18-44(34,43)9/h10-11,21,25,28,30-31,33-35,47,49H,12-20,22-24,26-27H2,1-9H3,(H,51,52)/t30-,31-,33+,34-,35+,42+,43-,44-,45+/m1/s1. The number of carbonyl (C=O) groups is 3. The molecule has 53 heavy (non-hydrogen) atoms.